The Balaban J connectivity index is 2.26. The molecule has 0 saturated heterocycles. The van der Waals surface area contributed by atoms with E-state index in [1.165, 1.54) is 6.07 Å². The Morgan fingerprint density at radius 2 is 1.96 bits per heavy atom. The van der Waals surface area contributed by atoms with Gasteiger partial charge in [0.15, 0.2) is 0 Å². The molecule has 132 valence electrons. The first-order valence-corrected chi connectivity index (χ1v) is 7.13. The van der Waals surface area contributed by atoms with Crippen molar-refractivity contribution in [2.45, 2.75) is 31.0 Å². The topological polar surface area (TPSA) is 49.0 Å². The van der Waals surface area contributed by atoms with Crippen molar-refractivity contribution in [2.75, 3.05) is 0 Å². The summed E-state index contributed by atoms with van der Waals surface area (Å²) in [5.74, 6) is -4.68. The van der Waals surface area contributed by atoms with Crippen LogP contribution in [0.5, 0.6) is 0 Å². The van der Waals surface area contributed by atoms with Crippen LogP contribution < -0.4 is 0 Å². The number of hydrogen-bond donors (Lipinski definition) is 1. The minimum Gasteiger partial charge on any atom is -0.382 e. The van der Waals surface area contributed by atoms with Gasteiger partial charge in [0.25, 0.3) is 5.92 Å². The van der Waals surface area contributed by atoms with Gasteiger partial charge in [0.1, 0.15) is 11.9 Å². The van der Waals surface area contributed by atoms with Gasteiger partial charge in [-0.05, 0) is 24.6 Å². The molecule has 3 nitrogen and oxygen atoms in total. The van der Waals surface area contributed by atoms with Gasteiger partial charge in [0.05, 0.1) is 22.9 Å². The van der Waals surface area contributed by atoms with Gasteiger partial charge in [-0.2, -0.15) is 18.4 Å². The van der Waals surface area contributed by atoms with Gasteiger partial charge in [-0.15, -0.1) is 0 Å². The molecule has 2 aromatic rings. The number of fused-ring (bicyclic) bond motifs is 1. The van der Waals surface area contributed by atoms with Crippen LogP contribution in [0.25, 0.3) is 5.69 Å². The SMILES string of the molecule is N#Cc1ccc(-n2cc(C(F)(F)F)c3c2CCC(F)(F)[C@@H]3O)c(F)c1. The highest BCUT2D eigenvalue weighted by Crippen LogP contribution is 2.48. The smallest absolute Gasteiger partial charge is 0.382 e. The lowest BCUT2D eigenvalue weighted by molar-refractivity contribution is -0.147. The van der Waals surface area contributed by atoms with Crippen LogP contribution in [0.1, 0.15) is 34.9 Å². The van der Waals surface area contributed by atoms with E-state index in [2.05, 4.69) is 0 Å². The van der Waals surface area contributed by atoms with Crippen LogP contribution in [0.3, 0.4) is 0 Å². The van der Waals surface area contributed by atoms with E-state index in [1.54, 1.807) is 6.07 Å². The number of aromatic nitrogens is 1. The van der Waals surface area contributed by atoms with E-state index in [0.29, 0.717) is 6.20 Å². The summed E-state index contributed by atoms with van der Waals surface area (Å²) < 4.78 is 82.1. The molecular formula is C16H10F6N2O. The molecule has 9 heteroatoms. The number of aliphatic hydroxyl groups excluding tert-OH is 1. The third-order valence-corrected chi connectivity index (χ3v) is 4.16. The van der Waals surface area contributed by atoms with Crippen LogP contribution in [-0.2, 0) is 12.6 Å². The molecule has 0 unspecified atom stereocenters. The summed E-state index contributed by atoms with van der Waals surface area (Å²) in [4.78, 5) is 0. The van der Waals surface area contributed by atoms with Gasteiger partial charge < -0.3 is 9.67 Å². The third kappa shape index (κ3) is 2.76. The average Bonchev–Trinajstić information content (AvgIpc) is 2.91. The van der Waals surface area contributed by atoms with Gasteiger partial charge in [0, 0.05) is 23.9 Å². The van der Waals surface area contributed by atoms with Crippen molar-refractivity contribution in [3.05, 3.63) is 52.6 Å². The van der Waals surface area contributed by atoms with E-state index < -0.39 is 48.0 Å². The maximum Gasteiger partial charge on any atom is 0.418 e. The van der Waals surface area contributed by atoms with Crippen LogP contribution in [-0.4, -0.2) is 15.6 Å². The van der Waals surface area contributed by atoms with E-state index >= 15 is 0 Å². The molecule has 0 aliphatic heterocycles. The Labute approximate surface area is 137 Å². The Kier molecular flexibility index (Phi) is 3.84. The molecule has 0 saturated carbocycles. The number of benzene rings is 1. The molecule has 0 amide bonds. The second kappa shape index (κ2) is 5.52. The number of halogens is 6. The summed E-state index contributed by atoms with van der Waals surface area (Å²) in [6.07, 6.45) is -8.45. The minimum absolute atomic E-state index is 0.0371. The molecule has 1 atom stereocenters. The first kappa shape index (κ1) is 17.4. The second-order valence-corrected chi connectivity index (χ2v) is 5.71. The zero-order valence-corrected chi connectivity index (χ0v) is 12.4. The van der Waals surface area contributed by atoms with Crippen molar-refractivity contribution in [3.8, 4) is 11.8 Å². The summed E-state index contributed by atoms with van der Waals surface area (Å²) in [5, 5.41) is 18.5. The third-order valence-electron chi connectivity index (χ3n) is 4.16. The molecule has 1 aromatic heterocycles. The summed E-state index contributed by atoms with van der Waals surface area (Å²) >= 11 is 0. The predicted octanol–water partition coefficient (Wildman–Crippen LogP) is 4.12. The molecule has 0 radical (unpaired) electrons. The fourth-order valence-electron chi connectivity index (χ4n) is 2.97. The summed E-state index contributed by atoms with van der Waals surface area (Å²) in [5.41, 5.74) is -2.95. The van der Waals surface area contributed by atoms with E-state index in [4.69, 9.17) is 5.26 Å². The van der Waals surface area contributed by atoms with Gasteiger partial charge >= 0.3 is 6.18 Å². The van der Waals surface area contributed by atoms with E-state index in [0.717, 1.165) is 16.7 Å². The number of hydrogen-bond acceptors (Lipinski definition) is 2. The zero-order chi connectivity index (χ0) is 18.6. The van der Waals surface area contributed by atoms with E-state index in [1.807, 2.05) is 0 Å². The van der Waals surface area contributed by atoms with Crippen molar-refractivity contribution in [3.63, 3.8) is 0 Å². The monoisotopic (exact) mass is 360 g/mol. The standard InChI is InChI=1S/C16H10F6N2O/c17-10-5-8(6-23)1-2-11(10)24-7-9(16(20,21)22)13-12(24)3-4-15(18,19)14(13)25/h1-2,5,7,14,25H,3-4H2/t14-/m1/s1. The Morgan fingerprint density at radius 3 is 2.52 bits per heavy atom. The summed E-state index contributed by atoms with van der Waals surface area (Å²) in [6, 6.07) is 4.81. The van der Waals surface area contributed by atoms with Crippen molar-refractivity contribution in [1.82, 2.24) is 4.57 Å². The molecule has 1 N–H and O–H groups in total. The van der Waals surface area contributed by atoms with Crippen LogP contribution >= 0.6 is 0 Å². The molecular weight excluding hydrogens is 350 g/mol. The molecule has 25 heavy (non-hydrogen) atoms. The van der Waals surface area contributed by atoms with E-state index in [-0.39, 0.29) is 16.9 Å². The fourth-order valence-corrected chi connectivity index (χ4v) is 2.97. The largest absolute Gasteiger partial charge is 0.418 e. The maximum atomic E-state index is 14.2. The van der Waals surface area contributed by atoms with Crippen molar-refractivity contribution < 1.29 is 31.4 Å². The highest BCUT2D eigenvalue weighted by atomic mass is 19.4. The number of aliphatic hydroxyl groups is 1. The lowest BCUT2D eigenvalue weighted by Crippen LogP contribution is -2.33. The normalized spacial score (nSPS) is 19.4. The van der Waals surface area contributed by atoms with Crippen LogP contribution in [0, 0.1) is 17.1 Å². The molecule has 1 heterocycles. The highest BCUT2D eigenvalue weighted by molar-refractivity contribution is 5.48. The maximum absolute atomic E-state index is 14.2. The molecule has 1 aliphatic rings. The van der Waals surface area contributed by atoms with Gasteiger partial charge in [-0.1, -0.05) is 0 Å². The Hall–Kier alpha value is -2.47. The molecule has 0 fully saturated rings. The summed E-state index contributed by atoms with van der Waals surface area (Å²) in [7, 11) is 0. The molecule has 0 bridgehead atoms. The average molecular weight is 360 g/mol. The lowest BCUT2D eigenvalue weighted by Gasteiger charge is -2.29. The summed E-state index contributed by atoms with van der Waals surface area (Å²) in [6.45, 7) is 0. The molecule has 1 aliphatic carbocycles. The van der Waals surface area contributed by atoms with Gasteiger partial charge in [-0.3, -0.25) is 0 Å². The molecule has 1 aromatic carbocycles. The van der Waals surface area contributed by atoms with Crippen molar-refractivity contribution >= 4 is 0 Å². The van der Waals surface area contributed by atoms with Gasteiger partial charge in [-0.25, -0.2) is 13.2 Å². The molecule has 3 rings (SSSR count). The second-order valence-electron chi connectivity index (χ2n) is 5.71. The first-order valence-electron chi connectivity index (χ1n) is 7.13. The predicted molar refractivity (Wildman–Crippen MR) is 73.7 cm³/mol. The van der Waals surface area contributed by atoms with Crippen molar-refractivity contribution in [2.24, 2.45) is 0 Å². The molecule has 0 spiro atoms. The van der Waals surface area contributed by atoms with Crippen LogP contribution in [0.4, 0.5) is 26.3 Å². The Bertz CT molecular complexity index is 878. The number of nitriles is 1. The van der Waals surface area contributed by atoms with E-state index in [9.17, 15) is 31.4 Å². The minimum atomic E-state index is -4.99. The fraction of sp³-hybridized carbons (Fsp3) is 0.312. The zero-order valence-electron chi connectivity index (χ0n) is 12.4. The Morgan fingerprint density at radius 1 is 1.28 bits per heavy atom. The number of rotatable bonds is 1. The quantitative estimate of drug-likeness (QED) is 0.778. The lowest BCUT2D eigenvalue weighted by atomic mass is 9.89. The first-order chi connectivity index (χ1) is 11.6. The highest BCUT2D eigenvalue weighted by Gasteiger charge is 2.50. The van der Waals surface area contributed by atoms with Crippen molar-refractivity contribution in [1.29, 1.82) is 5.26 Å². The number of alkyl halides is 5. The van der Waals surface area contributed by atoms with Gasteiger partial charge in [0.2, 0.25) is 0 Å². The number of nitrogens with zero attached hydrogens (tertiary/aromatic N) is 2. The van der Waals surface area contributed by atoms with Crippen LogP contribution in [0.2, 0.25) is 0 Å². The van der Waals surface area contributed by atoms with Crippen LogP contribution in [0.15, 0.2) is 24.4 Å².